The Labute approximate surface area is 130 Å². The van der Waals surface area contributed by atoms with Crippen molar-refractivity contribution in [3.05, 3.63) is 29.9 Å². The second kappa shape index (κ2) is 6.04. The minimum atomic E-state index is -0.108. The summed E-state index contributed by atoms with van der Waals surface area (Å²) in [5.74, 6) is 0.827. The van der Waals surface area contributed by atoms with Gasteiger partial charge in [0.05, 0.1) is 12.2 Å². The second-order valence-corrected chi connectivity index (χ2v) is 5.97. The molecule has 0 aromatic carbocycles. The molecular weight excluding hydrogens is 280 g/mol. The fraction of sp³-hybridized carbons (Fsp3) is 0.562. The molecule has 118 valence electrons. The monoisotopic (exact) mass is 302 g/mol. The average Bonchev–Trinajstić information content (AvgIpc) is 2.86. The van der Waals surface area contributed by atoms with Crippen LogP contribution in [0.3, 0.4) is 0 Å². The molecule has 6 heteroatoms. The lowest BCUT2D eigenvalue weighted by atomic mass is 10.2. The normalized spacial score (nSPS) is 21.7. The van der Waals surface area contributed by atoms with Crippen molar-refractivity contribution >= 4 is 11.7 Å². The summed E-state index contributed by atoms with van der Waals surface area (Å²) < 4.78 is 1.93. The number of carbonyl (C=O) groups excluding carboxylic acids is 2. The van der Waals surface area contributed by atoms with E-state index in [1.165, 1.54) is 6.42 Å². The Morgan fingerprint density at radius 2 is 2.09 bits per heavy atom. The number of imidazole rings is 1. The zero-order chi connectivity index (χ0) is 15.7. The predicted molar refractivity (Wildman–Crippen MR) is 82.6 cm³/mol. The van der Waals surface area contributed by atoms with Gasteiger partial charge in [0.2, 0.25) is 5.91 Å². The van der Waals surface area contributed by atoms with Crippen LogP contribution < -0.4 is 0 Å². The molecule has 1 fully saturated rings. The van der Waals surface area contributed by atoms with Gasteiger partial charge in [-0.05, 0) is 26.4 Å². The molecule has 1 unspecified atom stereocenters. The highest BCUT2D eigenvalue weighted by atomic mass is 16.2. The Morgan fingerprint density at radius 1 is 1.32 bits per heavy atom. The van der Waals surface area contributed by atoms with E-state index in [4.69, 9.17) is 0 Å². The lowest BCUT2D eigenvalue weighted by Gasteiger charge is -2.33. The number of rotatable bonds is 4. The fourth-order valence-electron chi connectivity index (χ4n) is 3.04. The topological polar surface area (TPSA) is 58.4 Å². The summed E-state index contributed by atoms with van der Waals surface area (Å²) in [5, 5.41) is 0. The zero-order valence-electron chi connectivity index (χ0n) is 13.2. The van der Waals surface area contributed by atoms with Gasteiger partial charge < -0.3 is 9.47 Å². The quantitative estimate of drug-likeness (QED) is 0.620. The zero-order valence-corrected chi connectivity index (χ0v) is 13.2. The largest absolute Gasteiger partial charge is 0.327 e. The Bertz CT molecular complexity index is 616. The highest BCUT2D eigenvalue weighted by Crippen LogP contribution is 2.25. The predicted octanol–water partition coefficient (Wildman–Crippen LogP) is 1.25. The smallest absolute Gasteiger partial charge is 0.246 e. The van der Waals surface area contributed by atoms with Crippen LogP contribution in [0.15, 0.2) is 18.3 Å². The highest BCUT2D eigenvalue weighted by molar-refractivity contribution is 5.92. The van der Waals surface area contributed by atoms with Crippen LogP contribution in [0.4, 0.5) is 0 Å². The first-order chi connectivity index (χ1) is 10.6. The minimum Gasteiger partial charge on any atom is -0.327 e. The number of nitrogens with zero attached hydrogens (tertiary/aromatic N) is 4. The SMILES string of the molecule is CC(=O)c1cnc2n1CCN(C(=O)/C=C/CN1CCC1)C2C. The van der Waals surface area contributed by atoms with Crippen LogP contribution in [0, 0.1) is 0 Å². The van der Waals surface area contributed by atoms with Gasteiger partial charge in [-0.2, -0.15) is 0 Å². The summed E-state index contributed by atoms with van der Waals surface area (Å²) >= 11 is 0. The van der Waals surface area contributed by atoms with Crippen LogP contribution in [-0.4, -0.2) is 57.2 Å². The van der Waals surface area contributed by atoms with Crippen molar-refractivity contribution in [3.63, 3.8) is 0 Å². The first kappa shape index (κ1) is 15.0. The van der Waals surface area contributed by atoms with E-state index < -0.39 is 0 Å². The van der Waals surface area contributed by atoms with Crippen molar-refractivity contribution < 1.29 is 9.59 Å². The lowest BCUT2D eigenvalue weighted by Crippen LogP contribution is -2.41. The van der Waals surface area contributed by atoms with Crippen LogP contribution >= 0.6 is 0 Å². The van der Waals surface area contributed by atoms with Crippen LogP contribution in [0.5, 0.6) is 0 Å². The molecule has 2 aliphatic heterocycles. The number of ketones is 1. The number of aromatic nitrogens is 2. The van der Waals surface area contributed by atoms with E-state index in [0.29, 0.717) is 18.8 Å². The second-order valence-electron chi connectivity index (χ2n) is 5.97. The fourth-order valence-corrected chi connectivity index (χ4v) is 3.04. The molecular formula is C16H22N4O2. The number of hydrogen-bond donors (Lipinski definition) is 0. The van der Waals surface area contributed by atoms with Crippen molar-refractivity contribution in [2.24, 2.45) is 0 Å². The van der Waals surface area contributed by atoms with Gasteiger partial charge in [-0.3, -0.25) is 14.5 Å². The van der Waals surface area contributed by atoms with Crippen LogP contribution in [-0.2, 0) is 11.3 Å². The standard InChI is InChI=1S/C16H22N4O2/c1-12-16-17-11-14(13(2)21)20(16)10-9-19(12)15(22)5-3-6-18-7-4-8-18/h3,5,11-12H,4,6-10H2,1-2H3/b5-3+. The number of likely N-dealkylation sites (tertiary alicyclic amines) is 1. The number of amides is 1. The van der Waals surface area contributed by atoms with Crippen molar-refractivity contribution in [2.75, 3.05) is 26.2 Å². The summed E-state index contributed by atoms with van der Waals surface area (Å²) in [7, 11) is 0. The van der Waals surface area contributed by atoms with Gasteiger partial charge >= 0.3 is 0 Å². The molecule has 1 amide bonds. The van der Waals surface area contributed by atoms with E-state index in [-0.39, 0.29) is 17.7 Å². The molecule has 6 nitrogen and oxygen atoms in total. The first-order valence-corrected chi connectivity index (χ1v) is 7.84. The maximum Gasteiger partial charge on any atom is 0.246 e. The molecule has 0 saturated carbocycles. The molecule has 1 saturated heterocycles. The summed E-state index contributed by atoms with van der Waals surface area (Å²) in [4.78, 5) is 32.4. The van der Waals surface area contributed by atoms with E-state index in [1.54, 1.807) is 19.2 Å². The Morgan fingerprint density at radius 3 is 2.73 bits per heavy atom. The lowest BCUT2D eigenvalue weighted by molar-refractivity contribution is -0.129. The van der Waals surface area contributed by atoms with E-state index in [2.05, 4.69) is 9.88 Å². The van der Waals surface area contributed by atoms with Crippen LogP contribution in [0.1, 0.15) is 42.6 Å². The van der Waals surface area contributed by atoms with Gasteiger partial charge in [0.15, 0.2) is 5.78 Å². The third-order valence-corrected chi connectivity index (χ3v) is 4.51. The van der Waals surface area contributed by atoms with E-state index in [0.717, 1.165) is 25.5 Å². The van der Waals surface area contributed by atoms with Crippen LogP contribution in [0.25, 0.3) is 0 Å². The molecule has 2 aliphatic rings. The van der Waals surface area contributed by atoms with Crippen molar-refractivity contribution in [3.8, 4) is 0 Å². The molecule has 3 rings (SSSR count). The van der Waals surface area contributed by atoms with E-state index in [1.807, 2.05) is 22.5 Å². The highest BCUT2D eigenvalue weighted by Gasteiger charge is 2.30. The summed E-state index contributed by atoms with van der Waals surface area (Å²) in [6.07, 6.45) is 6.48. The van der Waals surface area contributed by atoms with Crippen molar-refractivity contribution in [2.45, 2.75) is 32.9 Å². The van der Waals surface area contributed by atoms with Crippen molar-refractivity contribution in [1.82, 2.24) is 19.4 Å². The summed E-state index contributed by atoms with van der Waals surface area (Å²) in [6.45, 7) is 7.84. The van der Waals surface area contributed by atoms with Crippen LogP contribution in [0.2, 0.25) is 0 Å². The molecule has 1 atom stereocenters. The molecule has 1 aromatic rings. The minimum absolute atomic E-state index is 0.0140. The number of carbonyl (C=O) groups is 2. The van der Waals surface area contributed by atoms with E-state index in [9.17, 15) is 9.59 Å². The van der Waals surface area contributed by atoms with Gasteiger partial charge in [0.1, 0.15) is 11.5 Å². The molecule has 0 spiro atoms. The maximum atomic E-state index is 12.4. The molecule has 3 heterocycles. The number of Topliss-reactive ketones (excluding diaryl/α,β-unsaturated/α-hetero) is 1. The Kier molecular flexibility index (Phi) is 4.11. The van der Waals surface area contributed by atoms with Gasteiger partial charge in [-0.25, -0.2) is 4.98 Å². The molecule has 0 bridgehead atoms. The maximum absolute atomic E-state index is 12.4. The van der Waals surface area contributed by atoms with Gasteiger partial charge in [-0.1, -0.05) is 6.08 Å². The third kappa shape index (κ3) is 2.70. The first-order valence-electron chi connectivity index (χ1n) is 7.84. The third-order valence-electron chi connectivity index (χ3n) is 4.51. The molecule has 0 aliphatic carbocycles. The van der Waals surface area contributed by atoms with Gasteiger partial charge in [-0.15, -0.1) is 0 Å². The van der Waals surface area contributed by atoms with Gasteiger partial charge in [0.25, 0.3) is 0 Å². The molecule has 22 heavy (non-hydrogen) atoms. The van der Waals surface area contributed by atoms with Crippen molar-refractivity contribution in [1.29, 1.82) is 0 Å². The summed E-state index contributed by atoms with van der Waals surface area (Å²) in [5.41, 5.74) is 0.627. The number of hydrogen-bond acceptors (Lipinski definition) is 4. The average molecular weight is 302 g/mol. The summed E-state index contributed by atoms with van der Waals surface area (Å²) in [6, 6.07) is -0.108. The van der Waals surface area contributed by atoms with Gasteiger partial charge in [0, 0.05) is 32.6 Å². The Balaban J connectivity index is 1.68. The Hall–Kier alpha value is -1.95. The molecule has 0 N–H and O–H groups in total. The number of fused-ring (bicyclic) bond motifs is 1. The van der Waals surface area contributed by atoms with E-state index >= 15 is 0 Å². The molecule has 0 radical (unpaired) electrons. The molecule has 1 aromatic heterocycles.